The van der Waals surface area contributed by atoms with Crippen molar-refractivity contribution in [3.05, 3.63) is 29.8 Å². The highest BCUT2D eigenvalue weighted by Crippen LogP contribution is 2.18. The summed E-state index contributed by atoms with van der Waals surface area (Å²) in [6.45, 7) is 2.28. The summed E-state index contributed by atoms with van der Waals surface area (Å²) in [4.78, 5) is 9.39. The summed E-state index contributed by atoms with van der Waals surface area (Å²) in [5.41, 5.74) is 1.06. The standard InChI is InChI=1S/C24H43O2P/c1-2-3-4-5-6-7-8-9-10-11-12-13-14-15-16-17-20-23-21-18-19-22-24(23)27(25)26/h18-19,21-22,27H,2-17,20H2,1H3,(H,25,26). The van der Waals surface area contributed by atoms with Gasteiger partial charge in [0.1, 0.15) is 0 Å². The van der Waals surface area contributed by atoms with E-state index in [-0.39, 0.29) is 0 Å². The van der Waals surface area contributed by atoms with Crippen LogP contribution >= 0.6 is 8.03 Å². The minimum Gasteiger partial charge on any atom is -0.343 e. The van der Waals surface area contributed by atoms with E-state index in [1.165, 1.54) is 96.3 Å². The highest BCUT2D eigenvalue weighted by atomic mass is 31.1. The number of hydrogen-bond donors (Lipinski definition) is 1. The minimum absolute atomic E-state index is 0.656. The molecule has 1 atom stereocenters. The van der Waals surface area contributed by atoms with Crippen LogP contribution in [0.5, 0.6) is 0 Å². The molecule has 0 aliphatic heterocycles. The van der Waals surface area contributed by atoms with Gasteiger partial charge in [-0.05, 0) is 24.5 Å². The van der Waals surface area contributed by atoms with Gasteiger partial charge in [0.25, 0.3) is 0 Å². The van der Waals surface area contributed by atoms with Gasteiger partial charge in [-0.15, -0.1) is 0 Å². The average Bonchev–Trinajstić information content (AvgIpc) is 2.68. The quantitative estimate of drug-likeness (QED) is 0.206. The van der Waals surface area contributed by atoms with Crippen LogP contribution in [-0.4, -0.2) is 4.89 Å². The Labute approximate surface area is 169 Å². The van der Waals surface area contributed by atoms with Crippen molar-refractivity contribution in [3.8, 4) is 0 Å². The van der Waals surface area contributed by atoms with Gasteiger partial charge in [-0.2, -0.15) is 0 Å². The zero-order valence-corrected chi connectivity index (χ0v) is 18.7. The molecular formula is C24H43O2P. The smallest absolute Gasteiger partial charge is 0.218 e. The Morgan fingerprint density at radius 3 is 1.52 bits per heavy atom. The van der Waals surface area contributed by atoms with Crippen molar-refractivity contribution < 1.29 is 9.46 Å². The first-order chi connectivity index (χ1) is 13.3. The summed E-state index contributed by atoms with van der Waals surface area (Å²) in [5, 5.41) is 0.656. The summed E-state index contributed by atoms with van der Waals surface area (Å²) in [6.07, 6.45) is 22.9. The maximum Gasteiger partial charge on any atom is 0.218 e. The maximum absolute atomic E-state index is 11.4. The second-order valence-corrected chi connectivity index (χ2v) is 9.16. The third-order valence-corrected chi connectivity index (χ3v) is 6.50. The van der Waals surface area contributed by atoms with Crippen LogP contribution in [0.3, 0.4) is 0 Å². The van der Waals surface area contributed by atoms with E-state index in [1.807, 2.05) is 18.2 Å². The van der Waals surface area contributed by atoms with Crippen LogP contribution in [0.25, 0.3) is 0 Å². The molecule has 0 amide bonds. The lowest BCUT2D eigenvalue weighted by Crippen LogP contribution is -2.04. The summed E-state index contributed by atoms with van der Waals surface area (Å²) in [7, 11) is -2.56. The fraction of sp³-hybridized carbons (Fsp3) is 0.750. The van der Waals surface area contributed by atoms with Crippen molar-refractivity contribution in [3.63, 3.8) is 0 Å². The lowest BCUT2D eigenvalue weighted by atomic mass is 10.0. The van der Waals surface area contributed by atoms with Crippen molar-refractivity contribution >= 4 is 13.3 Å². The molecule has 0 saturated heterocycles. The first kappa shape index (κ1) is 24.4. The van der Waals surface area contributed by atoms with Gasteiger partial charge in [0.05, 0.1) is 0 Å². The summed E-state index contributed by atoms with van der Waals surface area (Å²) >= 11 is 0. The Morgan fingerprint density at radius 1 is 0.667 bits per heavy atom. The predicted octanol–water partition coefficient (Wildman–Crippen LogP) is 7.58. The molecule has 1 aromatic rings. The van der Waals surface area contributed by atoms with Gasteiger partial charge in [0.15, 0.2) is 0 Å². The lowest BCUT2D eigenvalue weighted by molar-refractivity contribution is 0.513. The molecule has 27 heavy (non-hydrogen) atoms. The molecule has 1 N–H and O–H groups in total. The fourth-order valence-corrected chi connectivity index (χ4v) is 4.53. The zero-order chi connectivity index (χ0) is 19.6. The van der Waals surface area contributed by atoms with Crippen molar-refractivity contribution in [1.29, 1.82) is 0 Å². The third-order valence-electron chi connectivity index (χ3n) is 5.55. The molecule has 1 rings (SSSR count). The average molecular weight is 395 g/mol. The Bertz CT molecular complexity index is 487. The number of hydrogen-bond acceptors (Lipinski definition) is 1. The van der Waals surface area contributed by atoms with Gasteiger partial charge >= 0.3 is 0 Å². The van der Waals surface area contributed by atoms with E-state index < -0.39 is 8.03 Å². The molecule has 0 aliphatic rings. The van der Waals surface area contributed by atoms with Crippen LogP contribution in [0.2, 0.25) is 0 Å². The molecule has 0 fully saturated rings. The highest BCUT2D eigenvalue weighted by Gasteiger charge is 2.05. The van der Waals surface area contributed by atoms with E-state index in [1.54, 1.807) is 6.07 Å². The van der Waals surface area contributed by atoms with E-state index in [9.17, 15) is 9.46 Å². The summed E-state index contributed by atoms with van der Waals surface area (Å²) in [5.74, 6) is 0. The molecule has 0 heterocycles. The topological polar surface area (TPSA) is 37.3 Å². The normalized spacial score (nSPS) is 12.4. The number of unbranched alkanes of at least 4 members (excludes halogenated alkanes) is 15. The number of benzene rings is 1. The van der Waals surface area contributed by atoms with Crippen LogP contribution < -0.4 is 5.30 Å². The molecule has 0 bridgehead atoms. The molecule has 2 nitrogen and oxygen atoms in total. The van der Waals surface area contributed by atoms with Crippen molar-refractivity contribution in [2.24, 2.45) is 0 Å². The van der Waals surface area contributed by atoms with E-state index in [0.29, 0.717) is 5.30 Å². The van der Waals surface area contributed by atoms with Crippen LogP contribution in [-0.2, 0) is 11.0 Å². The minimum atomic E-state index is -2.56. The Balaban J connectivity index is 1.85. The third kappa shape index (κ3) is 13.3. The molecule has 1 unspecified atom stereocenters. The van der Waals surface area contributed by atoms with Crippen molar-refractivity contribution in [2.75, 3.05) is 0 Å². The lowest BCUT2D eigenvalue weighted by Gasteiger charge is -2.07. The van der Waals surface area contributed by atoms with Gasteiger partial charge in [0.2, 0.25) is 8.03 Å². The monoisotopic (exact) mass is 394 g/mol. The van der Waals surface area contributed by atoms with Gasteiger partial charge < -0.3 is 4.89 Å². The van der Waals surface area contributed by atoms with E-state index in [0.717, 1.165) is 18.4 Å². The van der Waals surface area contributed by atoms with Crippen LogP contribution in [0.15, 0.2) is 24.3 Å². The van der Waals surface area contributed by atoms with Crippen LogP contribution in [0.1, 0.15) is 115 Å². The van der Waals surface area contributed by atoms with Gasteiger partial charge in [-0.1, -0.05) is 121 Å². The second-order valence-electron chi connectivity index (χ2n) is 8.02. The van der Waals surface area contributed by atoms with Gasteiger partial charge in [-0.25, -0.2) is 0 Å². The van der Waals surface area contributed by atoms with Gasteiger partial charge in [-0.3, -0.25) is 4.57 Å². The van der Waals surface area contributed by atoms with Crippen LogP contribution in [0, 0.1) is 0 Å². The first-order valence-corrected chi connectivity index (χ1v) is 12.9. The van der Waals surface area contributed by atoms with Crippen molar-refractivity contribution in [1.82, 2.24) is 0 Å². The Kier molecular flexibility index (Phi) is 15.8. The van der Waals surface area contributed by atoms with E-state index >= 15 is 0 Å². The molecule has 0 aliphatic carbocycles. The molecule has 0 radical (unpaired) electrons. The first-order valence-electron chi connectivity index (χ1n) is 11.6. The molecular weight excluding hydrogens is 351 g/mol. The number of aryl methyl sites for hydroxylation is 1. The Hall–Kier alpha value is -0.590. The summed E-state index contributed by atoms with van der Waals surface area (Å²) in [6, 6.07) is 7.61. The second kappa shape index (κ2) is 17.5. The zero-order valence-electron chi connectivity index (χ0n) is 17.7. The molecule has 1 aromatic carbocycles. The molecule has 0 saturated carbocycles. The van der Waals surface area contributed by atoms with Gasteiger partial charge in [0, 0.05) is 5.30 Å². The largest absolute Gasteiger partial charge is 0.343 e. The molecule has 3 heteroatoms. The molecule has 156 valence electrons. The fourth-order valence-electron chi connectivity index (χ4n) is 3.81. The molecule has 0 spiro atoms. The molecule has 0 aromatic heterocycles. The SMILES string of the molecule is CCCCCCCCCCCCCCCCCCc1ccccc1[PH](=O)O. The predicted molar refractivity (Wildman–Crippen MR) is 121 cm³/mol. The summed E-state index contributed by atoms with van der Waals surface area (Å²) < 4.78 is 11.4. The highest BCUT2D eigenvalue weighted by molar-refractivity contribution is 7.47. The van der Waals surface area contributed by atoms with E-state index in [4.69, 9.17) is 0 Å². The van der Waals surface area contributed by atoms with Crippen LogP contribution in [0.4, 0.5) is 0 Å². The van der Waals surface area contributed by atoms with Crippen molar-refractivity contribution in [2.45, 2.75) is 116 Å². The number of rotatable bonds is 18. The Morgan fingerprint density at radius 2 is 1.07 bits per heavy atom. The maximum atomic E-state index is 11.4. The van der Waals surface area contributed by atoms with E-state index in [2.05, 4.69) is 6.92 Å².